The van der Waals surface area contributed by atoms with Crippen LogP contribution in [0.4, 0.5) is 5.69 Å². The fourth-order valence-corrected chi connectivity index (χ4v) is 5.37. The standard InChI is InChI=1S/C25H23N2O2P/c1-25(2,3)21-13-14-23-20(15-21)16-24(19-11-9-18(17-26)10-12-19)30(28,27-23)29-22-7-5-4-6-8-22/h4-16H,1-3H3,(H,27,28)/t30-/m0/s1. The van der Waals surface area contributed by atoms with Gasteiger partial charge in [-0.3, -0.25) is 0 Å². The van der Waals surface area contributed by atoms with Gasteiger partial charge in [0.25, 0.3) is 0 Å². The van der Waals surface area contributed by atoms with Crippen LogP contribution in [0.25, 0.3) is 11.4 Å². The Morgan fingerprint density at radius 1 is 0.967 bits per heavy atom. The first-order valence-electron chi connectivity index (χ1n) is 9.79. The van der Waals surface area contributed by atoms with E-state index in [2.05, 4.69) is 44.1 Å². The maximum absolute atomic E-state index is 14.1. The quantitative estimate of drug-likeness (QED) is 0.466. The fourth-order valence-electron chi connectivity index (χ4n) is 3.37. The molecule has 1 atom stereocenters. The lowest BCUT2D eigenvalue weighted by Gasteiger charge is -2.30. The SMILES string of the molecule is CC(C)(C)c1ccc2c(c1)C=C(c1ccc(C#N)cc1)[P@](=O)(Oc1ccccc1)N2. The van der Waals surface area contributed by atoms with Gasteiger partial charge in [0.2, 0.25) is 0 Å². The summed E-state index contributed by atoms with van der Waals surface area (Å²) in [7, 11) is -3.45. The van der Waals surface area contributed by atoms with Crippen molar-refractivity contribution in [2.75, 3.05) is 5.09 Å². The van der Waals surface area contributed by atoms with E-state index >= 15 is 0 Å². The molecule has 3 aromatic carbocycles. The molecule has 1 aliphatic heterocycles. The molecule has 1 aliphatic rings. The predicted octanol–water partition coefficient (Wildman–Crippen LogP) is 7.05. The summed E-state index contributed by atoms with van der Waals surface area (Å²) in [5.41, 5.74) is 4.24. The smallest absolute Gasteiger partial charge is 0.372 e. The van der Waals surface area contributed by atoms with Gasteiger partial charge >= 0.3 is 7.52 Å². The van der Waals surface area contributed by atoms with Crippen LogP contribution < -0.4 is 9.61 Å². The first-order chi connectivity index (χ1) is 14.3. The number of rotatable bonds is 3. The van der Waals surface area contributed by atoms with E-state index in [4.69, 9.17) is 9.79 Å². The lowest BCUT2D eigenvalue weighted by Crippen LogP contribution is -2.14. The summed E-state index contributed by atoms with van der Waals surface area (Å²) in [5, 5.41) is 12.9. The lowest BCUT2D eigenvalue weighted by molar-refractivity contribution is 0.498. The van der Waals surface area contributed by atoms with Crippen molar-refractivity contribution in [3.63, 3.8) is 0 Å². The molecule has 0 aliphatic carbocycles. The largest absolute Gasteiger partial charge is 0.426 e. The maximum atomic E-state index is 14.1. The molecular formula is C25H23N2O2P. The van der Waals surface area contributed by atoms with Crippen molar-refractivity contribution >= 4 is 24.6 Å². The number of fused-ring (bicyclic) bond motifs is 1. The second-order valence-electron chi connectivity index (χ2n) is 8.34. The Hall–Kier alpha value is -3.28. The van der Waals surface area contributed by atoms with Crippen LogP contribution in [0, 0.1) is 11.3 Å². The van der Waals surface area contributed by atoms with Gasteiger partial charge in [-0.1, -0.05) is 57.2 Å². The van der Waals surface area contributed by atoms with Crippen molar-refractivity contribution < 1.29 is 9.09 Å². The molecule has 30 heavy (non-hydrogen) atoms. The maximum Gasteiger partial charge on any atom is 0.372 e. The van der Waals surface area contributed by atoms with Crippen molar-refractivity contribution in [3.8, 4) is 11.8 Å². The topological polar surface area (TPSA) is 62.1 Å². The number of benzene rings is 3. The molecule has 0 fully saturated rings. The van der Waals surface area contributed by atoms with Gasteiger partial charge in [0.05, 0.1) is 16.9 Å². The molecule has 4 rings (SSSR count). The van der Waals surface area contributed by atoms with E-state index in [1.165, 1.54) is 5.56 Å². The van der Waals surface area contributed by atoms with Gasteiger partial charge in [-0.15, -0.1) is 0 Å². The van der Waals surface area contributed by atoms with Crippen LogP contribution in [0.3, 0.4) is 0 Å². The molecule has 1 N–H and O–H groups in total. The highest BCUT2D eigenvalue weighted by Gasteiger charge is 2.36. The zero-order valence-electron chi connectivity index (χ0n) is 17.2. The minimum atomic E-state index is -3.45. The lowest BCUT2D eigenvalue weighted by atomic mass is 9.86. The van der Waals surface area contributed by atoms with Gasteiger partial charge in [0.1, 0.15) is 5.75 Å². The van der Waals surface area contributed by atoms with E-state index in [0.29, 0.717) is 16.6 Å². The van der Waals surface area contributed by atoms with Crippen LogP contribution in [0.5, 0.6) is 5.75 Å². The van der Waals surface area contributed by atoms with Gasteiger partial charge in [-0.2, -0.15) is 5.26 Å². The van der Waals surface area contributed by atoms with Crippen LogP contribution >= 0.6 is 7.52 Å². The summed E-state index contributed by atoms with van der Waals surface area (Å²) in [6.45, 7) is 6.50. The second-order valence-corrected chi connectivity index (χ2v) is 10.3. The summed E-state index contributed by atoms with van der Waals surface area (Å²) < 4.78 is 20.1. The molecule has 0 unspecified atom stereocenters. The van der Waals surface area contributed by atoms with Crippen LogP contribution in [0.15, 0.2) is 72.8 Å². The fraction of sp³-hybridized carbons (Fsp3) is 0.160. The number of nitrogens with zero attached hydrogens (tertiary/aromatic N) is 1. The van der Waals surface area contributed by atoms with Crippen molar-refractivity contribution in [3.05, 3.63) is 95.1 Å². The molecule has 0 amide bonds. The van der Waals surface area contributed by atoms with E-state index in [-0.39, 0.29) is 5.41 Å². The van der Waals surface area contributed by atoms with Gasteiger partial charge in [0, 0.05) is 5.69 Å². The van der Waals surface area contributed by atoms with Crippen molar-refractivity contribution in [2.24, 2.45) is 0 Å². The highest BCUT2D eigenvalue weighted by molar-refractivity contribution is 7.72. The van der Waals surface area contributed by atoms with Crippen molar-refractivity contribution in [1.29, 1.82) is 5.26 Å². The summed E-state index contributed by atoms with van der Waals surface area (Å²) in [5.74, 6) is 0.530. The Labute approximate surface area is 177 Å². The summed E-state index contributed by atoms with van der Waals surface area (Å²) in [4.78, 5) is 0. The van der Waals surface area contributed by atoms with E-state index in [0.717, 1.165) is 16.8 Å². The molecule has 0 saturated carbocycles. The zero-order valence-corrected chi connectivity index (χ0v) is 18.1. The highest BCUT2D eigenvalue weighted by Crippen LogP contribution is 2.62. The molecule has 150 valence electrons. The Balaban J connectivity index is 1.85. The molecule has 0 radical (unpaired) electrons. The summed E-state index contributed by atoms with van der Waals surface area (Å²) in [6, 6.07) is 24.5. The first-order valence-corrected chi connectivity index (χ1v) is 11.4. The number of nitriles is 1. The van der Waals surface area contributed by atoms with Crippen molar-refractivity contribution in [2.45, 2.75) is 26.2 Å². The molecule has 0 saturated heterocycles. The Morgan fingerprint density at radius 2 is 1.67 bits per heavy atom. The van der Waals surface area contributed by atoms with E-state index in [1.54, 1.807) is 24.3 Å². The van der Waals surface area contributed by atoms with Crippen LogP contribution in [0.1, 0.15) is 43.0 Å². The minimum Gasteiger partial charge on any atom is -0.426 e. The van der Waals surface area contributed by atoms with E-state index in [9.17, 15) is 4.57 Å². The van der Waals surface area contributed by atoms with Crippen LogP contribution in [-0.4, -0.2) is 0 Å². The summed E-state index contributed by atoms with van der Waals surface area (Å²) >= 11 is 0. The molecule has 1 heterocycles. The predicted molar refractivity (Wildman–Crippen MR) is 122 cm³/mol. The van der Waals surface area contributed by atoms with Crippen molar-refractivity contribution in [1.82, 2.24) is 0 Å². The van der Waals surface area contributed by atoms with Crippen LogP contribution in [0.2, 0.25) is 0 Å². The highest BCUT2D eigenvalue weighted by atomic mass is 31.2. The third-order valence-corrected chi connectivity index (χ3v) is 7.11. The zero-order chi connectivity index (χ0) is 21.4. The minimum absolute atomic E-state index is 0.000835. The number of hydrogen-bond acceptors (Lipinski definition) is 3. The van der Waals surface area contributed by atoms with Gasteiger partial charge < -0.3 is 9.61 Å². The second kappa shape index (κ2) is 7.52. The summed E-state index contributed by atoms with van der Waals surface area (Å²) in [6.07, 6.45) is 1.94. The molecule has 3 aromatic rings. The molecule has 5 heteroatoms. The number of anilines is 1. The normalized spacial score (nSPS) is 17.9. The average Bonchev–Trinajstić information content (AvgIpc) is 2.73. The Bertz CT molecular complexity index is 1200. The molecule has 0 aromatic heterocycles. The van der Waals surface area contributed by atoms with Gasteiger partial charge in [-0.25, -0.2) is 4.57 Å². The van der Waals surface area contributed by atoms with Crippen LogP contribution in [-0.2, 0) is 9.98 Å². The van der Waals surface area contributed by atoms with Gasteiger partial charge in [0.15, 0.2) is 0 Å². The van der Waals surface area contributed by atoms with Gasteiger partial charge in [-0.05, 0) is 64.6 Å². The third kappa shape index (κ3) is 3.90. The van der Waals surface area contributed by atoms with E-state index in [1.807, 2.05) is 42.5 Å². The number of nitrogens with one attached hydrogen (secondary N) is 1. The Morgan fingerprint density at radius 3 is 2.30 bits per heavy atom. The Kier molecular flexibility index (Phi) is 5.02. The average molecular weight is 414 g/mol. The molecule has 0 bridgehead atoms. The molecule has 4 nitrogen and oxygen atoms in total. The third-order valence-electron chi connectivity index (χ3n) is 5.08. The van der Waals surface area contributed by atoms with E-state index < -0.39 is 7.52 Å². The monoisotopic (exact) mass is 414 g/mol. The molecule has 0 spiro atoms. The molecular weight excluding hydrogens is 391 g/mol. The number of hydrogen-bond donors (Lipinski definition) is 1. The first kappa shape index (κ1) is 20.0. The number of para-hydroxylation sites is 1.